The average Bonchev–Trinajstić information content (AvgIpc) is 2.48. The number of rotatable bonds is 3. The second-order valence-corrected chi connectivity index (χ2v) is 7.77. The molecule has 0 spiro atoms. The second kappa shape index (κ2) is 6.37. The van der Waals surface area contributed by atoms with Crippen molar-refractivity contribution >= 4 is 43.2 Å². The molecule has 1 heterocycles. The Morgan fingerprint density at radius 3 is 2.90 bits per heavy atom. The maximum atomic E-state index is 14.2. The van der Waals surface area contributed by atoms with Crippen molar-refractivity contribution in [3.8, 4) is 0 Å². The van der Waals surface area contributed by atoms with Gasteiger partial charge in [-0.25, -0.2) is 12.8 Å². The van der Waals surface area contributed by atoms with Gasteiger partial charge in [-0.3, -0.25) is 0 Å². The molecule has 0 aromatic heterocycles. The van der Waals surface area contributed by atoms with Crippen LogP contribution in [0.3, 0.4) is 0 Å². The summed E-state index contributed by atoms with van der Waals surface area (Å²) in [5, 5.41) is 0.0489. The molecular weight excluding hydrogens is 387 g/mol. The van der Waals surface area contributed by atoms with Crippen LogP contribution in [-0.2, 0) is 14.8 Å². The number of hydrogen-bond acceptors (Lipinski definition) is 4. The van der Waals surface area contributed by atoms with Gasteiger partial charge in [-0.1, -0.05) is 18.5 Å². The number of nitrogens with zero attached hydrogens (tertiary/aromatic N) is 1. The molecule has 9 heteroatoms. The van der Waals surface area contributed by atoms with Gasteiger partial charge in [-0.05, 0) is 28.4 Å². The van der Waals surface area contributed by atoms with Gasteiger partial charge in [-0.2, -0.15) is 4.31 Å². The van der Waals surface area contributed by atoms with E-state index in [0.717, 1.165) is 6.07 Å². The van der Waals surface area contributed by atoms with Gasteiger partial charge in [0.25, 0.3) is 0 Å². The smallest absolute Gasteiger partial charge is 0.246 e. The van der Waals surface area contributed by atoms with E-state index in [9.17, 15) is 12.8 Å². The Bertz CT molecular complexity index is 656. The van der Waals surface area contributed by atoms with Crippen molar-refractivity contribution in [2.24, 2.45) is 0 Å². The molecule has 0 saturated carbocycles. The van der Waals surface area contributed by atoms with E-state index in [0.29, 0.717) is 6.42 Å². The number of hydrogen-bond donors (Lipinski definition) is 1. The second-order valence-electron chi connectivity index (χ2n) is 4.66. The number of nitrogen functional groups attached to an aromatic ring is 1. The first-order chi connectivity index (χ1) is 9.78. The van der Waals surface area contributed by atoms with Crippen LogP contribution in [0, 0.1) is 5.82 Å². The van der Waals surface area contributed by atoms with Crippen molar-refractivity contribution in [3.63, 3.8) is 0 Å². The Balaban J connectivity index is 2.45. The normalized spacial score (nSPS) is 20.7. The summed E-state index contributed by atoms with van der Waals surface area (Å²) >= 11 is 8.91. The summed E-state index contributed by atoms with van der Waals surface area (Å²) in [5.41, 5.74) is 5.23. The number of sulfonamides is 1. The molecule has 1 aliphatic rings. The van der Waals surface area contributed by atoms with Gasteiger partial charge in [0.2, 0.25) is 10.0 Å². The quantitative estimate of drug-likeness (QED) is 0.624. The van der Waals surface area contributed by atoms with Crippen LogP contribution in [0.1, 0.15) is 13.3 Å². The third-order valence-electron chi connectivity index (χ3n) is 3.33. The van der Waals surface area contributed by atoms with Crippen LogP contribution in [0.15, 0.2) is 15.4 Å². The van der Waals surface area contributed by atoms with E-state index in [4.69, 9.17) is 22.1 Å². The van der Waals surface area contributed by atoms with Crippen LogP contribution in [0.25, 0.3) is 0 Å². The summed E-state index contributed by atoms with van der Waals surface area (Å²) in [5.74, 6) is -0.995. The molecular formula is C12H15BrClFN2O3S. The van der Waals surface area contributed by atoms with Gasteiger partial charge in [0.05, 0.1) is 27.9 Å². The first kappa shape index (κ1) is 17.0. The monoisotopic (exact) mass is 400 g/mol. The van der Waals surface area contributed by atoms with E-state index < -0.39 is 20.7 Å². The van der Waals surface area contributed by atoms with Crippen LogP contribution in [-0.4, -0.2) is 38.5 Å². The summed E-state index contributed by atoms with van der Waals surface area (Å²) in [7, 11) is -4.00. The van der Waals surface area contributed by atoms with Gasteiger partial charge >= 0.3 is 0 Å². The minimum absolute atomic E-state index is 0.0489. The maximum Gasteiger partial charge on any atom is 0.246 e. The Morgan fingerprint density at radius 1 is 1.62 bits per heavy atom. The molecule has 2 N–H and O–H groups in total. The zero-order chi connectivity index (χ0) is 15.8. The third kappa shape index (κ3) is 3.19. The lowest BCUT2D eigenvalue weighted by Gasteiger charge is -2.31. The van der Waals surface area contributed by atoms with Crippen LogP contribution in [0.2, 0.25) is 5.02 Å². The van der Waals surface area contributed by atoms with Gasteiger partial charge in [0.15, 0.2) is 5.82 Å². The Kier molecular flexibility index (Phi) is 5.15. The average molecular weight is 402 g/mol. The van der Waals surface area contributed by atoms with Crippen LogP contribution in [0.4, 0.5) is 10.1 Å². The summed E-state index contributed by atoms with van der Waals surface area (Å²) < 4.78 is 46.2. The molecule has 0 bridgehead atoms. The van der Waals surface area contributed by atoms with E-state index in [1.165, 1.54) is 4.31 Å². The highest BCUT2D eigenvalue weighted by molar-refractivity contribution is 9.10. The summed E-state index contributed by atoms with van der Waals surface area (Å²) in [6.07, 6.45) is 0.484. The number of benzene rings is 1. The zero-order valence-corrected chi connectivity index (χ0v) is 14.4. The number of morpholine rings is 1. The van der Waals surface area contributed by atoms with Crippen LogP contribution >= 0.6 is 27.5 Å². The van der Waals surface area contributed by atoms with Crippen molar-refractivity contribution in [1.29, 1.82) is 0 Å². The molecule has 1 unspecified atom stereocenters. The minimum Gasteiger partial charge on any atom is -0.395 e. The van der Waals surface area contributed by atoms with Crippen molar-refractivity contribution in [2.45, 2.75) is 24.3 Å². The van der Waals surface area contributed by atoms with Crippen LogP contribution < -0.4 is 5.73 Å². The lowest BCUT2D eigenvalue weighted by Crippen LogP contribution is -2.45. The molecule has 1 saturated heterocycles. The Morgan fingerprint density at radius 2 is 2.29 bits per heavy atom. The molecule has 0 aliphatic carbocycles. The number of nitrogens with two attached hydrogens (primary N) is 1. The van der Waals surface area contributed by atoms with Gasteiger partial charge in [-0.15, -0.1) is 0 Å². The number of ether oxygens (including phenoxy) is 1. The van der Waals surface area contributed by atoms with Gasteiger partial charge in [0, 0.05) is 13.1 Å². The summed E-state index contributed by atoms with van der Waals surface area (Å²) in [6, 6.07) is 1.07. The Labute approximate surface area is 136 Å². The highest BCUT2D eigenvalue weighted by Gasteiger charge is 2.33. The first-order valence-electron chi connectivity index (χ1n) is 6.33. The van der Waals surface area contributed by atoms with Crippen molar-refractivity contribution in [2.75, 3.05) is 25.4 Å². The predicted octanol–water partition coefficient (Wildman–Crippen LogP) is 2.62. The van der Waals surface area contributed by atoms with E-state index in [-0.39, 0.29) is 41.0 Å². The highest BCUT2D eigenvalue weighted by atomic mass is 79.9. The topological polar surface area (TPSA) is 72.6 Å². The first-order valence-corrected chi connectivity index (χ1v) is 8.94. The highest BCUT2D eigenvalue weighted by Crippen LogP contribution is 2.36. The van der Waals surface area contributed by atoms with Crippen molar-refractivity contribution in [1.82, 2.24) is 4.31 Å². The zero-order valence-electron chi connectivity index (χ0n) is 11.3. The van der Waals surface area contributed by atoms with Crippen molar-refractivity contribution in [3.05, 3.63) is 21.4 Å². The van der Waals surface area contributed by atoms with E-state index in [1.54, 1.807) is 0 Å². The Hall–Kier alpha value is -0.410. The molecule has 1 aromatic rings. The number of halogens is 3. The minimum atomic E-state index is -4.00. The lowest BCUT2D eigenvalue weighted by atomic mass is 10.2. The molecule has 2 rings (SSSR count). The standard InChI is InChI=1S/C12H15BrClFN2O3S/c1-2-7-6-17(3-4-20-7)21(18,19)9-5-8(14)10(13)12(16)11(9)15/h5,7H,2-4,6,16H2,1H3. The van der Waals surface area contributed by atoms with Gasteiger partial charge < -0.3 is 10.5 Å². The van der Waals surface area contributed by atoms with E-state index >= 15 is 0 Å². The predicted molar refractivity (Wildman–Crippen MR) is 82.3 cm³/mol. The fourth-order valence-corrected chi connectivity index (χ4v) is 4.21. The lowest BCUT2D eigenvalue weighted by molar-refractivity contribution is -0.00283. The molecule has 118 valence electrons. The molecule has 0 amide bonds. The van der Waals surface area contributed by atoms with Crippen molar-refractivity contribution < 1.29 is 17.5 Å². The summed E-state index contributed by atoms with van der Waals surface area (Å²) in [6.45, 7) is 2.53. The molecule has 21 heavy (non-hydrogen) atoms. The molecule has 0 radical (unpaired) electrons. The maximum absolute atomic E-state index is 14.2. The fraction of sp³-hybridized carbons (Fsp3) is 0.500. The number of anilines is 1. The molecule has 1 aromatic carbocycles. The third-order valence-corrected chi connectivity index (χ3v) is 6.58. The van der Waals surface area contributed by atoms with Gasteiger partial charge in [0.1, 0.15) is 4.90 Å². The SMILES string of the molecule is CCC1CN(S(=O)(=O)c2cc(Cl)c(Br)c(N)c2F)CCO1. The fourth-order valence-electron chi connectivity index (χ4n) is 2.08. The molecule has 1 aliphatic heterocycles. The van der Waals surface area contributed by atoms with E-state index in [2.05, 4.69) is 15.9 Å². The van der Waals surface area contributed by atoms with E-state index in [1.807, 2.05) is 6.92 Å². The molecule has 1 fully saturated rings. The molecule has 1 atom stereocenters. The van der Waals surface area contributed by atoms with Crippen LogP contribution in [0.5, 0.6) is 0 Å². The summed E-state index contributed by atoms with van der Waals surface area (Å²) in [4.78, 5) is -0.509. The molecule has 5 nitrogen and oxygen atoms in total. The largest absolute Gasteiger partial charge is 0.395 e.